The van der Waals surface area contributed by atoms with Gasteiger partial charge in [0, 0.05) is 17.2 Å². The summed E-state index contributed by atoms with van der Waals surface area (Å²) in [6.07, 6.45) is 8.53. The lowest BCUT2D eigenvalue weighted by Gasteiger charge is -1.97. The van der Waals surface area contributed by atoms with Gasteiger partial charge in [0.1, 0.15) is 0 Å². The normalized spacial score (nSPS) is 9.62. The zero-order valence-corrected chi connectivity index (χ0v) is 9.65. The molecule has 13 heavy (non-hydrogen) atoms. The van der Waals surface area contributed by atoms with Crippen molar-refractivity contribution in [2.45, 2.75) is 32.1 Å². The number of hydrogen-bond acceptors (Lipinski definition) is 1. The van der Waals surface area contributed by atoms with E-state index in [-0.39, 0.29) is 6.15 Å². The highest BCUT2D eigenvalue weighted by atomic mass is 79.9. The molecular weight excluding hydrogens is 228 g/mol. The zero-order chi connectivity index (χ0) is 8.65. The molecule has 0 aliphatic carbocycles. The lowest BCUT2D eigenvalue weighted by molar-refractivity contribution is 0.666. The molecule has 0 atom stereocenters. The van der Waals surface area contributed by atoms with E-state index in [1.807, 2.05) is 6.20 Å². The summed E-state index contributed by atoms with van der Waals surface area (Å²) in [5, 5.41) is 1.15. The van der Waals surface area contributed by atoms with Crippen LogP contribution < -0.4 is 6.15 Å². The monoisotopic (exact) mass is 246 g/mol. The molecule has 2 nitrogen and oxygen atoms in total. The van der Waals surface area contributed by atoms with Gasteiger partial charge in [-0.1, -0.05) is 28.8 Å². The molecule has 0 radical (unpaired) electrons. The molecular formula is C10H19BrN2. The third kappa shape index (κ3) is 5.88. The van der Waals surface area contributed by atoms with Gasteiger partial charge in [0.25, 0.3) is 0 Å². The van der Waals surface area contributed by atoms with Crippen LogP contribution in [0.15, 0.2) is 18.3 Å². The predicted octanol–water partition coefficient (Wildman–Crippen LogP) is 3.67. The van der Waals surface area contributed by atoms with Crippen molar-refractivity contribution >= 4 is 15.9 Å². The molecule has 0 aliphatic heterocycles. The summed E-state index contributed by atoms with van der Waals surface area (Å²) in [6.45, 7) is 0. The largest absolute Gasteiger partial charge is 0.365 e. The average Bonchev–Trinajstić information content (AvgIpc) is 2.57. The summed E-state index contributed by atoms with van der Waals surface area (Å²) < 4.78 is 0. The first-order valence-electron chi connectivity index (χ1n) is 4.61. The summed E-state index contributed by atoms with van der Waals surface area (Å²) in [6, 6.07) is 4.22. The van der Waals surface area contributed by atoms with E-state index in [4.69, 9.17) is 0 Å². The first-order valence-corrected chi connectivity index (χ1v) is 5.74. The Morgan fingerprint density at radius 3 is 2.54 bits per heavy atom. The zero-order valence-electron chi connectivity index (χ0n) is 8.06. The molecule has 0 aromatic carbocycles. The van der Waals surface area contributed by atoms with Crippen LogP contribution >= 0.6 is 15.9 Å². The fraction of sp³-hybridized carbons (Fsp3) is 0.600. The molecule has 0 aliphatic rings. The second-order valence-electron chi connectivity index (χ2n) is 3.05. The van der Waals surface area contributed by atoms with Gasteiger partial charge in [0.05, 0.1) is 0 Å². The second kappa shape index (κ2) is 8.32. The predicted molar refractivity (Wildman–Crippen MR) is 61.8 cm³/mol. The molecule has 1 heterocycles. The Bertz CT molecular complexity index is 185. The molecule has 1 aromatic rings. The van der Waals surface area contributed by atoms with Gasteiger partial charge >= 0.3 is 0 Å². The minimum absolute atomic E-state index is 0. The van der Waals surface area contributed by atoms with E-state index in [2.05, 4.69) is 33.0 Å². The van der Waals surface area contributed by atoms with Crippen LogP contribution in [0.2, 0.25) is 0 Å². The number of aryl methyl sites for hydroxylation is 1. The number of alkyl halides is 1. The van der Waals surface area contributed by atoms with Crippen molar-refractivity contribution in [3.05, 3.63) is 24.0 Å². The Balaban J connectivity index is 0.00000144. The van der Waals surface area contributed by atoms with Crippen molar-refractivity contribution in [2.24, 2.45) is 0 Å². The molecule has 4 N–H and O–H groups in total. The quantitative estimate of drug-likeness (QED) is 0.584. The van der Waals surface area contributed by atoms with E-state index >= 15 is 0 Å². The van der Waals surface area contributed by atoms with Gasteiger partial charge in [-0.2, -0.15) is 0 Å². The van der Waals surface area contributed by atoms with Gasteiger partial charge in [-0.25, -0.2) is 0 Å². The maximum Gasteiger partial charge on any atom is 0.0147 e. The fourth-order valence-electron chi connectivity index (χ4n) is 1.29. The maximum atomic E-state index is 3.43. The van der Waals surface area contributed by atoms with Crippen LogP contribution in [0.1, 0.15) is 31.4 Å². The molecule has 0 spiro atoms. The van der Waals surface area contributed by atoms with Crippen LogP contribution in [-0.2, 0) is 6.42 Å². The number of H-pyrrole nitrogens is 1. The first kappa shape index (κ1) is 12.7. The van der Waals surface area contributed by atoms with Gasteiger partial charge in [-0.05, 0) is 31.4 Å². The Morgan fingerprint density at radius 2 is 1.92 bits per heavy atom. The van der Waals surface area contributed by atoms with Crippen LogP contribution in [0.3, 0.4) is 0 Å². The molecule has 0 bridgehead atoms. The highest BCUT2D eigenvalue weighted by Gasteiger charge is 1.92. The second-order valence-corrected chi connectivity index (χ2v) is 3.84. The van der Waals surface area contributed by atoms with Crippen LogP contribution in [0, 0.1) is 0 Å². The minimum Gasteiger partial charge on any atom is -0.365 e. The van der Waals surface area contributed by atoms with E-state index in [0.717, 1.165) is 5.33 Å². The maximum absolute atomic E-state index is 3.43. The molecule has 0 saturated heterocycles. The summed E-state index contributed by atoms with van der Waals surface area (Å²) >= 11 is 3.43. The topological polar surface area (TPSA) is 50.8 Å². The van der Waals surface area contributed by atoms with Gasteiger partial charge in [-0.15, -0.1) is 0 Å². The molecule has 3 heteroatoms. The Morgan fingerprint density at radius 1 is 1.15 bits per heavy atom. The average molecular weight is 247 g/mol. The molecule has 1 aromatic heterocycles. The van der Waals surface area contributed by atoms with E-state index < -0.39 is 0 Å². The first-order chi connectivity index (χ1) is 5.93. The Kier molecular flexibility index (Phi) is 8.14. The van der Waals surface area contributed by atoms with Crippen LogP contribution in [-0.4, -0.2) is 10.3 Å². The minimum atomic E-state index is 0. The third-order valence-electron chi connectivity index (χ3n) is 1.99. The molecule has 0 amide bonds. The van der Waals surface area contributed by atoms with Crippen LogP contribution in [0.25, 0.3) is 0 Å². The number of nitrogens with one attached hydrogen (secondary N) is 1. The SMILES string of the molecule is BrCCCCCCc1ccc[nH]1.N. The smallest absolute Gasteiger partial charge is 0.0147 e. The summed E-state index contributed by atoms with van der Waals surface area (Å²) in [4.78, 5) is 3.22. The number of rotatable bonds is 6. The van der Waals surface area contributed by atoms with E-state index in [1.165, 1.54) is 37.8 Å². The van der Waals surface area contributed by atoms with Gasteiger partial charge < -0.3 is 11.1 Å². The molecule has 0 unspecified atom stereocenters. The molecule has 76 valence electrons. The van der Waals surface area contributed by atoms with Crippen molar-refractivity contribution in [2.75, 3.05) is 5.33 Å². The fourth-order valence-corrected chi connectivity index (χ4v) is 1.68. The molecule has 1 rings (SSSR count). The number of aromatic nitrogens is 1. The number of unbranched alkanes of at least 4 members (excludes halogenated alkanes) is 3. The summed E-state index contributed by atoms with van der Waals surface area (Å²) in [5.74, 6) is 0. The van der Waals surface area contributed by atoms with Crippen molar-refractivity contribution < 1.29 is 0 Å². The van der Waals surface area contributed by atoms with Crippen LogP contribution in [0.4, 0.5) is 0 Å². The number of halogens is 1. The Hall–Kier alpha value is -0.280. The van der Waals surface area contributed by atoms with Crippen molar-refractivity contribution in [3.8, 4) is 0 Å². The number of aromatic amines is 1. The van der Waals surface area contributed by atoms with Crippen LogP contribution in [0.5, 0.6) is 0 Å². The summed E-state index contributed by atoms with van der Waals surface area (Å²) in [7, 11) is 0. The highest BCUT2D eigenvalue weighted by Crippen LogP contribution is 2.06. The Labute approximate surface area is 88.8 Å². The molecule has 0 saturated carbocycles. The van der Waals surface area contributed by atoms with Crippen molar-refractivity contribution in [1.29, 1.82) is 0 Å². The highest BCUT2D eigenvalue weighted by molar-refractivity contribution is 9.09. The lowest BCUT2D eigenvalue weighted by Crippen LogP contribution is -1.85. The van der Waals surface area contributed by atoms with Gasteiger partial charge in [0.15, 0.2) is 0 Å². The van der Waals surface area contributed by atoms with Crippen molar-refractivity contribution in [1.82, 2.24) is 11.1 Å². The van der Waals surface area contributed by atoms with Crippen molar-refractivity contribution in [3.63, 3.8) is 0 Å². The molecule has 0 fully saturated rings. The summed E-state index contributed by atoms with van der Waals surface area (Å²) in [5.41, 5.74) is 1.37. The van der Waals surface area contributed by atoms with Gasteiger partial charge in [-0.3, -0.25) is 0 Å². The standard InChI is InChI=1S/C10H16BrN.H3N/c11-8-4-2-1-3-6-10-7-5-9-12-10;/h5,7,9,12H,1-4,6,8H2;1H3. The third-order valence-corrected chi connectivity index (χ3v) is 2.55. The lowest BCUT2D eigenvalue weighted by atomic mass is 10.1. The van der Waals surface area contributed by atoms with E-state index in [1.54, 1.807) is 0 Å². The number of hydrogen-bond donors (Lipinski definition) is 2. The van der Waals surface area contributed by atoms with E-state index in [9.17, 15) is 0 Å². The van der Waals surface area contributed by atoms with E-state index in [0.29, 0.717) is 0 Å². The van der Waals surface area contributed by atoms with Gasteiger partial charge in [0.2, 0.25) is 0 Å².